The molecule has 1 fully saturated rings. The molecule has 1 aliphatic heterocycles. The van der Waals surface area contributed by atoms with Crippen LogP contribution in [0, 0.1) is 0 Å². The van der Waals surface area contributed by atoms with Crippen molar-refractivity contribution in [2.75, 3.05) is 6.54 Å². The van der Waals surface area contributed by atoms with E-state index >= 15 is 0 Å². The summed E-state index contributed by atoms with van der Waals surface area (Å²) in [5, 5.41) is 10.1. The molecule has 1 aliphatic rings. The average Bonchev–Trinajstić information content (AvgIpc) is 2.65. The topological polar surface area (TPSA) is 57.6 Å². The normalized spacial score (nSPS) is 21.9. The van der Waals surface area contributed by atoms with Gasteiger partial charge in [0.05, 0.1) is 6.04 Å². The minimum atomic E-state index is -0.295. The van der Waals surface area contributed by atoms with Gasteiger partial charge in [0.15, 0.2) is 5.78 Å². The van der Waals surface area contributed by atoms with E-state index in [2.05, 4.69) is 0 Å². The molecule has 1 saturated heterocycles. The van der Waals surface area contributed by atoms with Gasteiger partial charge in [0, 0.05) is 19.0 Å². The molecule has 0 aliphatic carbocycles. The van der Waals surface area contributed by atoms with E-state index in [1.807, 2.05) is 6.92 Å². The second kappa shape index (κ2) is 5.14. The van der Waals surface area contributed by atoms with Gasteiger partial charge in [-0.15, -0.1) is 0 Å². The Morgan fingerprint density at radius 3 is 2.44 bits per heavy atom. The molecule has 0 spiro atoms. The maximum absolute atomic E-state index is 11.3. The van der Waals surface area contributed by atoms with Crippen LogP contribution in [0.4, 0.5) is 0 Å². The Labute approximate surface area is 95.9 Å². The molecule has 4 heteroatoms. The van der Waals surface area contributed by atoms with Gasteiger partial charge >= 0.3 is 0 Å². The maximum Gasteiger partial charge on any atom is 0.220 e. The monoisotopic (exact) mass is 225 g/mol. The molecule has 16 heavy (non-hydrogen) atoms. The number of aliphatic hydroxyl groups excluding tert-OH is 1. The Morgan fingerprint density at radius 2 is 2.00 bits per heavy atom. The molecule has 1 rings (SSSR count). The quantitative estimate of drug-likeness (QED) is 0.588. The van der Waals surface area contributed by atoms with Crippen molar-refractivity contribution < 1.29 is 14.7 Å². The Bertz CT molecular complexity index is 333. The fourth-order valence-corrected chi connectivity index (χ4v) is 2.24. The first kappa shape index (κ1) is 12.7. The van der Waals surface area contributed by atoms with Crippen LogP contribution >= 0.6 is 0 Å². The number of nitrogens with zero attached hydrogens (tertiary/aromatic N) is 1. The van der Waals surface area contributed by atoms with Crippen molar-refractivity contribution >= 4 is 11.7 Å². The van der Waals surface area contributed by atoms with Gasteiger partial charge in [-0.05, 0) is 26.2 Å². The predicted octanol–water partition coefficient (Wildman–Crippen LogP) is 1.81. The fraction of sp³-hybridized carbons (Fsp3) is 0.667. The third-order valence-electron chi connectivity index (χ3n) is 3.06. The second-order valence-corrected chi connectivity index (χ2v) is 4.14. The minimum absolute atomic E-state index is 0.0481. The predicted molar refractivity (Wildman–Crippen MR) is 61.0 cm³/mol. The lowest BCUT2D eigenvalue weighted by Gasteiger charge is -2.24. The zero-order valence-corrected chi connectivity index (χ0v) is 10.1. The number of hydrogen-bond donors (Lipinski definition) is 1. The molecule has 1 N–H and O–H groups in total. The highest BCUT2D eigenvalue weighted by Gasteiger charge is 2.31. The van der Waals surface area contributed by atoms with Crippen molar-refractivity contribution in [2.45, 2.75) is 46.1 Å². The van der Waals surface area contributed by atoms with Crippen molar-refractivity contribution in [3.05, 3.63) is 11.3 Å². The molecule has 0 bridgehead atoms. The first-order valence-corrected chi connectivity index (χ1v) is 5.69. The molecule has 1 amide bonds. The Morgan fingerprint density at radius 1 is 1.38 bits per heavy atom. The van der Waals surface area contributed by atoms with Gasteiger partial charge in [-0.3, -0.25) is 9.59 Å². The summed E-state index contributed by atoms with van der Waals surface area (Å²) in [6.45, 7) is 5.44. The van der Waals surface area contributed by atoms with E-state index < -0.39 is 0 Å². The summed E-state index contributed by atoms with van der Waals surface area (Å²) in [6, 6.07) is -0.295. The van der Waals surface area contributed by atoms with Crippen LogP contribution in [-0.2, 0) is 9.59 Å². The number of amides is 1. The van der Waals surface area contributed by atoms with Gasteiger partial charge in [0.25, 0.3) is 0 Å². The maximum atomic E-state index is 11.3. The molecule has 1 heterocycles. The largest absolute Gasteiger partial charge is 0.510 e. The number of rotatable bonds is 3. The first-order valence-electron chi connectivity index (χ1n) is 5.69. The van der Waals surface area contributed by atoms with E-state index in [1.165, 1.54) is 13.8 Å². The molecule has 1 unspecified atom stereocenters. The van der Waals surface area contributed by atoms with E-state index in [-0.39, 0.29) is 23.5 Å². The third kappa shape index (κ3) is 2.43. The van der Waals surface area contributed by atoms with Gasteiger partial charge in [0.1, 0.15) is 5.76 Å². The average molecular weight is 225 g/mol. The minimum Gasteiger partial charge on any atom is -0.510 e. The highest BCUT2D eigenvalue weighted by molar-refractivity contribution is 5.93. The van der Waals surface area contributed by atoms with E-state index in [0.717, 1.165) is 12.8 Å². The van der Waals surface area contributed by atoms with Gasteiger partial charge < -0.3 is 10.0 Å². The summed E-state index contributed by atoms with van der Waals surface area (Å²) < 4.78 is 0. The standard InChI is InChI=1S/C12H19NO3/c1-4-10(8(2)14)12(16)11-6-5-7-13(11)9(3)15/h11,16H,4-7H2,1-3H3/b12-10-. The number of aliphatic hydroxyl groups is 1. The zero-order valence-electron chi connectivity index (χ0n) is 10.1. The van der Waals surface area contributed by atoms with Crippen molar-refractivity contribution in [3.63, 3.8) is 0 Å². The summed E-state index contributed by atoms with van der Waals surface area (Å²) >= 11 is 0. The molecule has 0 radical (unpaired) electrons. The van der Waals surface area contributed by atoms with Crippen LogP contribution in [0.5, 0.6) is 0 Å². The van der Waals surface area contributed by atoms with Crippen LogP contribution in [0.3, 0.4) is 0 Å². The zero-order chi connectivity index (χ0) is 12.3. The molecule has 1 atom stereocenters. The van der Waals surface area contributed by atoms with Gasteiger partial charge in [-0.1, -0.05) is 6.92 Å². The smallest absolute Gasteiger partial charge is 0.220 e. The molecule has 90 valence electrons. The summed E-state index contributed by atoms with van der Waals surface area (Å²) in [6.07, 6.45) is 2.12. The third-order valence-corrected chi connectivity index (χ3v) is 3.06. The molecular weight excluding hydrogens is 206 g/mol. The molecule has 0 saturated carbocycles. The van der Waals surface area contributed by atoms with Crippen molar-refractivity contribution in [1.82, 2.24) is 4.90 Å². The number of carbonyl (C=O) groups is 2. The fourth-order valence-electron chi connectivity index (χ4n) is 2.24. The molecule has 4 nitrogen and oxygen atoms in total. The Balaban J connectivity index is 2.99. The van der Waals surface area contributed by atoms with E-state index in [0.29, 0.717) is 18.5 Å². The highest BCUT2D eigenvalue weighted by Crippen LogP contribution is 2.25. The molecule has 0 aromatic rings. The van der Waals surface area contributed by atoms with Crippen LogP contribution in [0.25, 0.3) is 0 Å². The van der Waals surface area contributed by atoms with Crippen LogP contribution in [0.1, 0.15) is 40.0 Å². The number of Topliss-reactive ketones (excluding diaryl/α,β-unsaturated/α-hetero) is 1. The first-order chi connectivity index (χ1) is 7.49. The molecular formula is C12H19NO3. The number of allylic oxidation sites excluding steroid dienone is 1. The summed E-state index contributed by atoms with van der Waals surface area (Å²) in [5.41, 5.74) is 0.443. The molecule has 0 aromatic heterocycles. The van der Waals surface area contributed by atoms with Crippen LogP contribution in [-0.4, -0.2) is 34.3 Å². The number of carbonyl (C=O) groups excluding carboxylic acids is 2. The lowest BCUT2D eigenvalue weighted by molar-refractivity contribution is -0.129. The summed E-state index contributed by atoms with van der Waals surface area (Å²) in [5.74, 6) is -0.0776. The van der Waals surface area contributed by atoms with Crippen molar-refractivity contribution in [3.8, 4) is 0 Å². The van der Waals surface area contributed by atoms with E-state index in [1.54, 1.807) is 4.90 Å². The second-order valence-electron chi connectivity index (χ2n) is 4.14. The van der Waals surface area contributed by atoms with Crippen LogP contribution < -0.4 is 0 Å². The lowest BCUT2D eigenvalue weighted by Crippen LogP contribution is -2.35. The number of likely N-dealkylation sites (tertiary alicyclic amines) is 1. The van der Waals surface area contributed by atoms with E-state index in [4.69, 9.17) is 0 Å². The lowest BCUT2D eigenvalue weighted by atomic mass is 10.0. The Kier molecular flexibility index (Phi) is 4.10. The SMILES string of the molecule is CC/C(C(C)=O)=C(/O)C1CCCN1C(C)=O. The van der Waals surface area contributed by atoms with Crippen LogP contribution in [0.2, 0.25) is 0 Å². The summed E-state index contributed by atoms with van der Waals surface area (Å²) in [4.78, 5) is 24.3. The van der Waals surface area contributed by atoms with Crippen molar-refractivity contribution in [2.24, 2.45) is 0 Å². The van der Waals surface area contributed by atoms with Gasteiger partial charge in [-0.2, -0.15) is 0 Å². The molecule has 0 aromatic carbocycles. The van der Waals surface area contributed by atoms with Gasteiger partial charge in [0.2, 0.25) is 5.91 Å². The number of ketones is 1. The Hall–Kier alpha value is -1.32. The number of hydrogen-bond acceptors (Lipinski definition) is 3. The summed E-state index contributed by atoms with van der Waals surface area (Å²) in [7, 11) is 0. The van der Waals surface area contributed by atoms with Crippen LogP contribution in [0.15, 0.2) is 11.3 Å². The van der Waals surface area contributed by atoms with Gasteiger partial charge in [-0.25, -0.2) is 0 Å². The van der Waals surface area contributed by atoms with E-state index in [9.17, 15) is 14.7 Å². The van der Waals surface area contributed by atoms with Crippen molar-refractivity contribution in [1.29, 1.82) is 0 Å². The highest BCUT2D eigenvalue weighted by atomic mass is 16.3.